The van der Waals surface area contributed by atoms with Gasteiger partial charge in [-0.1, -0.05) is 92.1 Å². The van der Waals surface area contributed by atoms with Crippen LogP contribution in [-0.4, -0.2) is 98.0 Å². The number of piperazine rings is 1. The second-order valence-corrected chi connectivity index (χ2v) is 22.2. The van der Waals surface area contributed by atoms with Crippen molar-refractivity contribution in [2.75, 3.05) is 68.7 Å². The lowest BCUT2D eigenvalue weighted by atomic mass is 9.63. The van der Waals surface area contributed by atoms with E-state index in [1.165, 1.54) is 17.5 Å². The summed E-state index contributed by atoms with van der Waals surface area (Å²) in [5, 5.41) is 0.652. The van der Waals surface area contributed by atoms with E-state index < -0.39 is 25.7 Å². The molecule has 5 aliphatic rings. The molecule has 2 saturated heterocycles. The first-order chi connectivity index (χ1) is 32.4. The van der Waals surface area contributed by atoms with Crippen LogP contribution in [0.1, 0.15) is 41.0 Å². The zero-order valence-corrected chi connectivity index (χ0v) is 43.3. The molecule has 2 fully saturated rings. The topological polar surface area (TPSA) is 91.5 Å². The lowest BCUT2D eigenvalue weighted by Crippen LogP contribution is -2.58. The number of carbonyl (C=O) groups excluding carboxylic acids is 1. The molecule has 364 valence electrons. The van der Waals surface area contributed by atoms with E-state index in [1.54, 1.807) is 42.3 Å². The van der Waals surface area contributed by atoms with Gasteiger partial charge in [-0.05, 0) is 106 Å². The summed E-state index contributed by atoms with van der Waals surface area (Å²) >= 11 is 10.1. The zero-order chi connectivity index (χ0) is 49.0. The third kappa shape index (κ3) is 10.8. The Balaban J connectivity index is 1.04. The second kappa shape index (κ2) is 21.6. The van der Waals surface area contributed by atoms with Gasteiger partial charge in [0.05, 0.1) is 17.1 Å². The summed E-state index contributed by atoms with van der Waals surface area (Å²) < 4.78 is 75.8. The minimum Gasteiger partial charge on any atom is -0.374 e. The fourth-order valence-corrected chi connectivity index (χ4v) is 12.7. The van der Waals surface area contributed by atoms with Crippen molar-refractivity contribution in [1.82, 2.24) is 23.7 Å². The van der Waals surface area contributed by atoms with Crippen LogP contribution in [0.25, 0.3) is 0 Å². The number of nitrogens with one attached hydrogen (secondary N) is 2. The summed E-state index contributed by atoms with van der Waals surface area (Å²) in [6, 6.07) is 16.8. The number of nitrogens with zero attached hydrogens (tertiary/aromatic N) is 5. The Morgan fingerprint density at radius 1 is 0.971 bits per heavy atom. The fraction of sp³-hybridized carbons (Fsp3) is 0.380. The number of anilines is 2. The maximum absolute atomic E-state index is 14.5. The third-order valence-electron chi connectivity index (χ3n) is 13.2. The first kappa shape index (κ1) is 51.3. The van der Waals surface area contributed by atoms with Crippen molar-refractivity contribution in [3.8, 4) is 0 Å². The number of piperidine rings is 1. The highest BCUT2D eigenvalue weighted by molar-refractivity contribution is 8.04. The van der Waals surface area contributed by atoms with Crippen molar-refractivity contribution in [3.63, 3.8) is 0 Å². The molecule has 3 heterocycles. The molecule has 2 aromatic carbocycles. The van der Waals surface area contributed by atoms with Gasteiger partial charge in [-0.25, -0.2) is 8.42 Å². The molecule has 7 rings (SSSR count). The molecular formula is C50H59ClF3N7O3S4. The Labute approximate surface area is 417 Å². The summed E-state index contributed by atoms with van der Waals surface area (Å²) in [7, 11) is -3.64. The molecule has 3 atom stereocenters. The molecule has 3 aliphatic heterocycles. The van der Waals surface area contributed by atoms with E-state index in [2.05, 4.69) is 73.4 Å². The quantitative estimate of drug-likeness (QED) is 0.101. The molecule has 2 aliphatic carbocycles. The molecule has 0 spiro atoms. The number of hydrogen-bond acceptors (Lipinski definition) is 12. The normalized spacial score (nSPS) is 23.6. The number of allylic oxidation sites excluding steroid dienone is 10. The van der Waals surface area contributed by atoms with Crippen molar-refractivity contribution in [1.29, 1.82) is 0 Å². The van der Waals surface area contributed by atoms with Gasteiger partial charge in [0.25, 0.3) is 15.7 Å². The zero-order valence-electron chi connectivity index (χ0n) is 39.3. The van der Waals surface area contributed by atoms with Crippen LogP contribution in [0.4, 0.5) is 24.5 Å². The van der Waals surface area contributed by atoms with E-state index >= 15 is 0 Å². The number of halogens is 4. The van der Waals surface area contributed by atoms with Crippen LogP contribution in [0.15, 0.2) is 163 Å². The van der Waals surface area contributed by atoms with Gasteiger partial charge >= 0.3 is 5.51 Å². The van der Waals surface area contributed by atoms with E-state index in [0.29, 0.717) is 28.7 Å². The molecular weight excluding hydrogens is 967 g/mol. The molecule has 0 bridgehead atoms. The Morgan fingerprint density at radius 2 is 1.66 bits per heavy atom. The molecule has 10 nitrogen and oxygen atoms in total. The first-order valence-corrected chi connectivity index (χ1v) is 27.2. The number of alkyl halides is 3. The Bertz CT molecular complexity index is 2620. The Kier molecular flexibility index (Phi) is 16.3. The van der Waals surface area contributed by atoms with Crippen LogP contribution in [0, 0.1) is 17.3 Å². The van der Waals surface area contributed by atoms with E-state index in [-0.39, 0.29) is 29.9 Å². The average Bonchev–Trinajstić information content (AvgIpc) is 3.54. The summed E-state index contributed by atoms with van der Waals surface area (Å²) in [6.07, 6.45) is 18.6. The van der Waals surface area contributed by atoms with E-state index in [9.17, 15) is 26.4 Å². The lowest BCUT2D eigenvalue weighted by molar-refractivity contribution is -0.130. The molecule has 0 aromatic heterocycles. The van der Waals surface area contributed by atoms with E-state index in [0.717, 1.165) is 90.2 Å². The monoisotopic (exact) mass is 1030 g/mol. The number of rotatable bonds is 15. The van der Waals surface area contributed by atoms with Gasteiger partial charge in [-0.15, -0.1) is 0 Å². The van der Waals surface area contributed by atoms with Crippen LogP contribution in [0.2, 0.25) is 0 Å². The summed E-state index contributed by atoms with van der Waals surface area (Å²) in [6.45, 7) is 16.0. The minimum atomic E-state index is -5.67. The van der Waals surface area contributed by atoms with Crippen LogP contribution < -0.4 is 14.3 Å². The molecule has 18 heteroatoms. The lowest BCUT2D eigenvalue weighted by Gasteiger charge is -2.56. The molecule has 1 amide bonds. The number of sulfone groups is 1. The van der Waals surface area contributed by atoms with Gasteiger partial charge in [0.15, 0.2) is 0 Å². The number of likely N-dealkylation sites (N-methyl/N-ethyl adjacent to an activating group) is 1. The molecule has 2 aromatic rings. The summed E-state index contributed by atoms with van der Waals surface area (Å²) in [4.78, 5) is 23.8. The fourth-order valence-electron chi connectivity index (χ4n) is 9.28. The molecule has 68 heavy (non-hydrogen) atoms. The van der Waals surface area contributed by atoms with Crippen LogP contribution in [-0.2, 0) is 14.6 Å². The highest BCUT2D eigenvalue weighted by Crippen LogP contribution is 2.56. The number of amides is 1. The van der Waals surface area contributed by atoms with Crippen molar-refractivity contribution in [2.24, 2.45) is 17.3 Å². The minimum absolute atomic E-state index is 0.0809. The Hall–Kier alpha value is -4.55. The molecule has 0 saturated carbocycles. The van der Waals surface area contributed by atoms with Gasteiger partial charge < -0.3 is 33.3 Å². The molecule has 2 N–H and O–H groups in total. The van der Waals surface area contributed by atoms with Gasteiger partial charge in [-0.3, -0.25) is 4.79 Å². The average molecular weight is 1030 g/mol. The standard InChI is InChI=1S/C50H59ClF3N7O3S4/c1-8-15-37(51)16-12-13-25-57(6)36(4)45-35(3)49(5)33-43(34(2)46-47(49)60(48(45)62)30-31-61(46)65-7)59-28-26-58(27-29-59)39-23-21-38(22-24-39)55-67-41-19-14-20-42(56-66-40-17-10-9-11-18-40)44(32-41)68(63,64)50(52,53)54/h8-13,15-24,32-35,55-56H,14,25-31H2,1-7H3/b13-12+,15-8-,37-16+,45-36+. The smallest absolute Gasteiger partial charge is 0.374 e. The van der Waals surface area contributed by atoms with Gasteiger partial charge in [0.1, 0.15) is 4.91 Å². The van der Waals surface area contributed by atoms with E-state index in [4.69, 9.17) is 11.6 Å². The number of benzene rings is 2. The number of hydrogen-bond donors (Lipinski definition) is 2. The van der Waals surface area contributed by atoms with Gasteiger partial charge in [0.2, 0.25) is 0 Å². The largest absolute Gasteiger partial charge is 0.501 e. The van der Waals surface area contributed by atoms with Crippen molar-refractivity contribution in [2.45, 2.75) is 51.4 Å². The third-order valence-corrected chi connectivity index (χ3v) is 17.5. The Morgan fingerprint density at radius 3 is 2.32 bits per heavy atom. The van der Waals surface area contributed by atoms with Crippen molar-refractivity contribution < 1.29 is 26.4 Å². The highest BCUT2D eigenvalue weighted by atomic mass is 35.5. The molecule has 3 unspecified atom stereocenters. The van der Waals surface area contributed by atoms with Crippen molar-refractivity contribution in [3.05, 3.63) is 158 Å². The van der Waals surface area contributed by atoms with Gasteiger partial charge in [-0.2, -0.15) is 13.2 Å². The van der Waals surface area contributed by atoms with Crippen LogP contribution in [0.3, 0.4) is 0 Å². The summed E-state index contributed by atoms with van der Waals surface area (Å²) in [5.74, 6) is 0.0916. The number of carbonyl (C=O) groups is 1. The maximum atomic E-state index is 14.5. The maximum Gasteiger partial charge on any atom is 0.501 e. The van der Waals surface area contributed by atoms with E-state index in [1.807, 2.05) is 74.7 Å². The van der Waals surface area contributed by atoms with Crippen molar-refractivity contribution >= 4 is 74.6 Å². The summed E-state index contributed by atoms with van der Waals surface area (Å²) in [5.41, 5.74) is 1.16. The van der Waals surface area contributed by atoms with Crippen LogP contribution >= 0.6 is 47.4 Å². The van der Waals surface area contributed by atoms with Gasteiger partial charge in [0, 0.05) is 120 Å². The highest BCUT2D eigenvalue weighted by Gasteiger charge is 2.55. The second-order valence-electron chi connectivity index (χ2n) is 17.3. The predicted molar refractivity (Wildman–Crippen MR) is 277 cm³/mol. The first-order valence-electron chi connectivity index (χ1n) is 22.5. The predicted octanol–water partition coefficient (Wildman–Crippen LogP) is 11.4. The molecule has 0 radical (unpaired) electrons. The van der Waals surface area contributed by atoms with Crippen LogP contribution in [0.5, 0.6) is 0 Å². The SMILES string of the molecule is C\C=C/C(Cl)=C\C=C\CN(C)/C(C)=C1/C(=O)N2CCN(SC)C3=C2C(C)(C=C(N2CCN(c4ccc(NSC5=CCC=C(NSc6ccccc6)C(S(=O)(=O)C(F)(F)F)=C5)cc4)CC2)C3C)C1C.